The van der Waals surface area contributed by atoms with Gasteiger partial charge in [0.25, 0.3) is 0 Å². The van der Waals surface area contributed by atoms with Gasteiger partial charge in [0.15, 0.2) is 17.5 Å². The summed E-state index contributed by atoms with van der Waals surface area (Å²) in [5, 5.41) is 3.38. The molecule has 2 aromatic carbocycles. The third-order valence-electron chi connectivity index (χ3n) is 4.52. The van der Waals surface area contributed by atoms with Gasteiger partial charge in [-0.2, -0.15) is 0 Å². The number of nitrogens with zero attached hydrogens (tertiary/aromatic N) is 3. The number of aliphatic imine (C=N–C) groups is 1. The summed E-state index contributed by atoms with van der Waals surface area (Å²) in [7, 11) is 7.11. The highest BCUT2D eigenvalue weighted by Gasteiger charge is 2.13. The van der Waals surface area contributed by atoms with Gasteiger partial charge in [0.05, 0.1) is 20.8 Å². The summed E-state index contributed by atoms with van der Waals surface area (Å²) < 4.78 is 16.6. The molecule has 7 nitrogen and oxygen atoms in total. The lowest BCUT2D eigenvalue weighted by Crippen LogP contribution is -2.36. The smallest absolute Gasteiger partial charge is 0.219 e. The Morgan fingerprint density at radius 2 is 1.61 bits per heavy atom. The molecule has 0 saturated carbocycles. The fraction of sp³-hybridized carbons (Fsp3) is 0.250. The Morgan fingerprint density at radius 1 is 0.903 bits per heavy atom. The van der Waals surface area contributed by atoms with Crippen molar-refractivity contribution in [3.63, 3.8) is 0 Å². The van der Waals surface area contributed by atoms with Gasteiger partial charge in [-0.1, -0.05) is 42.5 Å². The number of aromatic nitrogens is 1. The van der Waals surface area contributed by atoms with E-state index in [9.17, 15) is 0 Å². The molecular formula is C24H28N4O3. The largest absolute Gasteiger partial charge is 0.493 e. The lowest BCUT2D eigenvalue weighted by atomic mass is 10.2. The van der Waals surface area contributed by atoms with Crippen LogP contribution >= 0.6 is 0 Å². The molecule has 1 aromatic heterocycles. The minimum Gasteiger partial charge on any atom is -0.493 e. The fourth-order valence-electron chi connectivity index (χ4n) is 2.89. The van der Waals surface area contributed by atoms with Crippen LogP contribution in [0.4, 0.5) is 0 Å². The van der Waals surface area contributed by atoms with E-state index in [1.165, 1.54) is 5.56 Å². The quantitative estimate of drug-likeness (QED) is 0.437. The van der Waals surface area contributed by atoms with Crippen LogP contribution in [0.15, 0.2) is 71.9 Å². The number of methoxy groups -OCH3 is 2. The van der Waals surface area contributed by atoms with Crippen LogP contribution in [0.3, 0.4) is 0 Å². The van der Waals surface area contributed by atoms with Gasteiger partial charge in [0.2, 0.25) is 11.6 Å². The summed E-state index contributed by atoms with van der Waals surface area (Å²) in [4.78, 5) is 11.1. The molecule has 0 fully saturated rings. The molecule has 1 N–H and O–H groups in total. The molecule has 0 amide bonds. The average molecular weight is 421 g/mol. The van der Waals surface area contributed by atoms with Crippen LogP contribution in [0.1, 0.15) is 11.1 Å². The van der Waals surface area contributed by atoms with Crippen LogP contribution in [0.2, 0.25) is 0 Å². The number of rotatable bonds is 8. The fourth-order valence-corrected chi connectivity index (χ4v) is 2.89. The second kappa shape index (κ2) is 10.9. The summed E-state index contributed by atoms with van der Waals surface area (Å²) >= 11 is 0. The van der Waals surface area contributed by atoms with Gasteiger partial charge >= 0.3 is 0 Å². The second-order valence-corrected chi connectivity index (χ2v) is 6.97. The van der Waals surface area contributed by atoms with Gasteiger partial charge in [-0.3, -0.25) is 0 Å². The Morgan fingerprint density at radius 3 is 2.19 bits per heavy atom. The monoisotopic (exact) mass is 420 g/mol. The third kappa shape index (κ3) is 6.12. The summed E-state index contributed by atoms with van der Waals surface area (Å²) in [6, 6.07) is 19.4. The van der Waals surface area contributed by atoms with Gasteiger partial charge in [-0.05, 0) is 23.3 Å². The van der Waals surface area contributed by atoms with E-state index in [2.05, 4.69) is 27.4 Å². The van der Waals surface area contributed by atoms with Crippen molar-refractivity contribution >= 4 is 5.96 Å². The van der Waals surface area contributed by atoms with Crippen molar-refractivity contribution in [3.8, 4) is 23.1 Å². The van der Waals surface area contributed by atoms with Gasteiger partial charge < -0.3 is 24.4 Å². The van der Waals surface area contributed by atoms with Crippen molar-refractivity contribution in [2.45, 2.75) is 13.1 Å². The molecule has 0 aliphatic heterocycles. The summed E-state index contributed by atoms with van der Waals surface area (Å²) in [5.41, 5.74) is 2.17. The number of para-hydroxylation sites is 1. The number of hydrogen-bond donors (Lipinski definition) is 1. The van der Waals surface area contributed by atoms with Crippen LogP contribution in [-0.2, 0) is 13.1 Å². The first-order valence-corrected chi connectivity index (χ1v) is 9.94. The number of nitrogens with one attached hydrogen (secondary N) is 1. The molecule has 0 radical (unpaired) electrons. The molecule has 0 bridgehead atoms. The maximum atomic E-state index is 5.91. The van der Waals surface area contributed by atoms with Crippen LogP contribution in [0.5, 0.6) is 23.1 Å². The molecule has 1 heterocycles. The average Bonchev–Trinajstić information content (AvgIpc) is 2.80. The summed E-state index contributed by atoms with van der Waals surface area (Å²) in [5.74, 6) is 2.91. The van der Waals surface area contributed by atoms with E-state index in [-0.39, 0.29) is 0 Å². The Hall–Kier alpha value is -3.74. The van der Waals surface area contributed by atoms with Crippen molar-refractivity contribution < 1.29 is 14.2 Å². The molecule has 0 atom stereocenters. The Labute approximate surface area is 183 Å². The third-order valence-corrected chi connectivity index (χ3v) is 4.52. The van der Waals surface area contributed by atoms with Gasteiger partial charge in [-0.25, -0.2) is 9.98 Å². The van der Waals surface area contributed by atoms with E-state index in [0.29, 0.717) is 36.2 Å². The van der Waals surface area contributed by atoms with E-state index in [4.69, 9.17) is 14.2 Å². The van der Waals surface area contributed by atoms with Gasteiger partial charge in [0.1, 0.15) is 0 Å². The first kappa shape index (κ1) is 22.0. The zero-order chi connectivity index (χ0) is 22.1. The second-order valence-electron chi connectivity index (χ2n) is 6.97. The number of ether oxygens (including phenoxy) is 3. The van der Waals surface area contributed by atoms with Crippen molar-refractivity contribution in [1.29, 1.82) is 0 Å². The molecule has 3 rings (SSSR count). The molecule has 3 aromatic rings. The zero-order valence-electron chi connectivity index (χ0n) is 18.3. The van der Waals surface area contributed by atoms with E-state index < -0.39 is 0 Å². The number of pyridine rings is 1. The predicted molar refractivity (Wildman–Crippen MR) is 122 cm³/mol. The van der Waals surface area contributed by atoms with E-state index in [0.717, 1.165) is 11.5 Å². The first-order chi connectivity index (χ1) is 15.1. The molecule has 162 valence electrons. The maximum Gasteiger partial charge on any atom is 0.219 e. The molecule has 0 aliphatic rings. The molecule has 0 saturated heterocycles. The van der Waals surface area contributed by atoms with Crippen molar-refractivity contribution in [3.05, 3.63) is 78.0 Å². The standard InChI is InChI=1S/C24H28N4O3/c1-28(2)24(26-15-18-9-6-5-7-10-18)27-17-19-13-14-22(25-16-19)31-23-20(29-3)11-8-12-21(23)30-4/h5-14,16H,15,17H2,1-4H3,(H,26,27). The maximum absolute atomic E-state index is 5.91. The molecule has 31 heavy (non-hydrogen) atoms. The van der Waals surface area contributed by atoms with Crippen molar-refractivity contribution in [2.75, 3.05) is 28.3 Å². The minimum atomic E-state index is 0.450. The minimum absolute atomic E-state index is 0.450. The summed E-state index contributed by atoms with van der Waals surface area (Å²) in [6.45, 7) is 1.21. The van der Waals surface area contributed by atoms with Crippen LogP contribution in [-0.4, -0.2) is 44.2 Å². The highest BCUT2D eigenvalue weighted by molar-refractivity contribution is 5.79. The number of guanidine groups is 1. The first-order valence-electron chi connectivity index (χ1n) is 9.94. The van der Waals surface area contributed by atoms with E-state index in [1.54, 1.807) is 20.4 Å². The van der Waals surface area contributed by atoms with Crippen molar-refractivity contribution in [1.82, 2.24) is 15.2 Å². The summed E-state index contributed by atoms with van der Waals surface area (Å²) in [6.07, 6.45) is 1.76. The number of hydrogen-bond acceptors (Lipinski definition) is 5. The normalized spacial score (nSPS) is 11.0. The topological polar surface area (TPSA) is 68.2 Å². The van der Waals surface area contributed by atoms with Crippen LogP contribution in [0.25, 0.3) is 0 Å². The van der Waals surface area contributed by atoms with Gasteiger partial charge in [-0.15, -0.1) is 0 Å². The molecule has 0 unspecified atom stereocenters. The Balaban J connectivity index is 1.65. The SMILES string of the molecule is COc1cccc(OC)c1Oc1ccc(CN=C(NCc2ccccc2)N(C)C)cn1. The zero-order valence-corrected chi connectivity index (χ0v) is 18.3. The van der Waals surface area contributed by atoms with E-state index in [1.807, 2.05) is 67.5 Å². The van der Waals surface area contributed by atoms with Crippen LogP contribution in [0, 0.1) is 0 Å². The Bertz CT molecular complexity index is 967. The highest BCUT2D eigenvalue weighted by Crippen LogP contribution is 2.39. The lowest BCUT2D eigenvalue weighted by molar-refractivity contribution is 0.342. The molecule has 0 spiro atoms. The lowest BCUT2D eigenvalue weighted by Gasteiger charge is -2.17. The van der Waals surface area contributed by atoms with Gasteiger partial charge in [0, 0.05) is 32.9 Å². The van der Waals surface area contributed by atoms with E-state index >= 15 is 0 Å². The van der Waals surface area contributed by atoms with Crippen molar-refractivity contribution in [2.24, 2.45) is 4.99 Å². The predicted octanol–water partition coefficient (Wildman–Crippen LogP) is 4.10. The van der Waals surface area contributed by atoms with Crippen LogP contribution < -0.4 is 19.5 Å². The Kier molecular flexibility index (Phi) is 7.70. The number of benzene rings is 2. The molecule has 0 aliphatic carbocycles. The molecular weight excluding hydrogens is 392 g/mol. The highest BCUT2D eigenvalue weighted by atomic mass is 16.5. The molecule has 7 heteroatoms.